The summed E-state index contributed by atoms with van der Waals surface area (Å²) in [6, 6.07) is 11.1. The molecule has 0 unspecified atom stereocenters. The predicted molar refractivity (Wildman–Crippen MR) is 100 cm³/mol. The molecule has 0 aliphatic carbocycles. The molecule has 0 atom stereocenters. The Balaban J connectivity index is 1.71. The van der Waals surface area contributed by atoms with E-state index in [0.717, 1.165) is 4.47 Å². The molecule has 0 bridgehead atoms. The first-order chi connectivity index (χ1) is 12.5. The van der Waals surface area contributed by atoms with E-state index in [1.165, 1.54) is 18.2 Å². The number of hydrogen-bond donors (Lipinski definition) is 2. The highest BCUT2D eigenvalue weighted by atomic mass is 79.9. The number of phenolic OH excluding ortho intramolecular Hbond substituents is 2. The third-order valence-corrected chi connectivity index (χ3v) is 5.02. The number of hydrogen-bond acceptors (Lipinski definition) is 4. The number of halogens is 1. The summed E-state index contributed by atoms with van der Waals surface area (Å²) in [4.78, 5) is 28.8. The Morgan fingerprint density at radius 2 is 1.42 bits per heavy atom. The molecule has 1 heterocycles. The second-order valence-electron chi connectivity index (χ2n) is 6.16. The van der Waals surface area contributed by atoms with E-state index in [2.05, 4.69) is 15.9 Å². The van der Waals surface area contributed by atoms with E-state index in [-0.39, 0.29) is 28.9 Å². The van der Waals surface area contributed by atoms with Crippen molar-refractivity contribution in [1.82, 2.24) is 9.80 Å². The molecule has 0 radical (unpaired) electrons. The van der Waals surface area contributed by atoms with Gasteiger partial charge in [-0.3, -0.25) is 9.59 Å². The van der Waals surface area contributed by atoms with E-state index in [1.807, 2.05) is 18.2 Å². The summed E-state index contributed by atoms with van der Waals surface area (Å²) in [6.45, 7) is 1.90. The van der Waals surface area contributed by atoms with Crippen molar-refractivity contribution in [3.05, 3.63) is 58.1 Å². The fraction of sp³-hybridized carbons (Fsp3) is 0.263. The van der Waals surface area contributed by atoms with Crippen LogP contribution in [0.5, 0.6) is 11.5 Å². The van der Waals surface area contributed by atoms with Crippen molar-refractivity contribution in [3.8, 4) is 11.5 Å². The van der Waals surface area contributed by atoms with Crippen molar-refractivity contribution in [2.45, 2.75) is 6.42 Å². The Kier molecular flexibility index (Phi) is 5.46. The van der Waals surface area contributed by atoms with Crippen molar-refractivity contribution >= 4 is 27.7 Å². The fourth-order valence-corrected chi connectivity index (χ4v) is 3.48. The molecule has 26 heavy (non-hydrogen) atoms. The smallest absolute Gasteiger partial charge is 0.255 e. The third-order valence-electron chi connectivity index (χ3n) is 4.32. The molecular formula is C19H19BrN2O4. The summed E-state index contributed by atoms with van der Waals surface area (Å²) >= 11 is 3.40. The number of rotatable bonds is 2. The van der Waals surface area contributed by atoms with Gasteiger partial charge in [-0.2, -0.15) is 0 Å². The van der Waals surface area contributed by atoms with Gasteiger partial charge in [0.05, 0.1) is 5.56 Å². The number of benzene rings is 2. The lowest BCUT2D eigenvalue weighted by atomic mass is 10.1. The van der Waals surface area contributed by atoms with Gasteiger partial charge < -0.3 is 20.0 Å². The number of nitrogens with zero attached hydrogens (tertiary/aromatic N) is 2. The van der Waals surface area contributed by atoms with E-state index in [4.69, 9.17) is 0 Å². The summed E-state index contributed by atoms with van der Waals surface area (Å²) in [5.74, 6) is -0.657. The first-order valence-electron chi connectivity index (χ1n) is 8.32. The molecule has 1 saturated heterocycles. The first-order valence-corrected chi connectivity index (χ1v) is 9.11. The summed E-state index contributed by atoms with van der Waals surface area (Å²) < 4.78 is 0.748. The maximum absolute atomic E-state index is 12.7. The van der Waals surface area contributed by atoms with Gasteiger partial charge in [0.1, 0.15) is 11.5 Å². The van der Waals surface area contributed by atoms with E-state index in [9.17, 15) is 19.8 Å². The summed E-state index contributed by atoms with van der Waals surface area (Å²) in [6.07, 6.45) is 0.659. The van der Waals surface area contributed by atoms with E-state index >= 15 is 0 Å². The molecule has 2 aromatic carbocycles. The van der Waals surface area contributed by atoms with E-state index in [1.54, 1.807) is 15.9 Å². The summed E-state index contributed by atoms with van der Waals surface area (Å²) in [7, 11) is 0. The zero-order valence-corrected chi connectivity index (χ0v) is 15.6. The largest absolute Gasteiger partial charge is 0.508 e. The molecule has 2 aromatic rings. The first kappa shape index (κ1) is 18.3. The van der Waals surface area contributed by atoms with Gasteiger partial charge in [-0.1, -0.05) is 12.1 Å². The van der Waals surface area contributed by atoms with Crippen LogP contribution in [0.4, 0.5) is 0 Å². The fourth-order valence-electron chi connectivity index (χ4n) is 3.03. The Morgan fingerprint density at radius 3 is 2.04 bits per heavy atom. The summed E-state index contributed by atoms with van der Waals surface area (Å²) in [5, 5.41) is 19.2. The Hall–Kier alpha value is -2.54. The van der Waals surface area contributed by atoms with Gasteiger partial charge in [-0.05, 0) is 46.6 Å². The molecule has 0 saturated carbocycles. The molecule has 1 fully saturated rings. The lowest BCUT2D eigenvalue weighted by molar-refractivity contribution is 0.0718. The van der Waals surface area contributed by atoms with Crippen LogP contribution in [0.2, 0.25) is 0 Å². The Bertz CT molecular complexity index is 820. The molecule has 1 aliphatic heterocycles. The molecule has 7 heteroatoms. The number of amides is 2. The zero-order valence-electron chi connectivity index (χ0n) is 14.1. The van der Waals surface area contributed by atoms with Gasteiger partial charge in [0, 0.05) is 42.3 Å². The molecule has 2 amide bonds. The number of carbonyl (C=O) groups excluding carboxylic acids is 2. The number of phenols is 2. The average molecular weight is 419 g/mol. The quantitative estimate of drug-likeness (QED) is 0.785. The maximum atomic E-state index is 12.7. The van der Waals surface area contributed by atoms with Gasteiger partial charge in [0.15, 0.2) is 0 Å². The lowest BCUT2D eigenvalue weighted by Gasteiger charge is -2.22. The van der Waals surface area contributed by atoms with Crippen molar-refractivity contribution in [1.29, 1.82) is 0 Å². The topological polar surface area (TPSA) is 81.1 Å². The van der Waals surface area contributed by atoms with E-state index in [0.29, 0.717) is 38.2 Å². The van der Waals surface area contributed by atoms with Gasteiger partial charge in [-0.25, -0.2) is 0 Å². The minimum Gasteiger partial charge on any atom is -0.508 e. The normalized spacial score (nSPS) is 14.8. The van der Waals surface area contributed by atoms with Crippen LogP contribution in [-0.4, -0.2) is 58.0 Å². The highest BCUT2D eigenvalue weighted by Gasteiger charge is 2.24. The molecule has 1 aliphatic rings. The van der Waals surface area contributed by atoms with Crippen LogP contribution in [0.25, 0.3) is 0 Å². The van der Waals surface area contributed by atoms with Gasteiger partial charge >= 0.3 is 0 Å². The van der Waals surface area contributed by atoms with Gasteiger partial charge in [0.25, 0.3) is 11.8 Å². The molecule has 136 valence electrons. The molecule has 2 N–H and O–H groups in total. The highest BCUT2D eigenvalue weighted by Crippen LogP contribution is 2.23. The standard InChI is InChI=1S/C19H19BrN2O4/c20-17-5-2-1-4-16(17)19(26)22-7-3-6-21(8-9-22)18(25)13-10-14(23)12-15(24)11-13/h1-2,4-5,10-12,23-24H,3,6-9H2. The van der Waals surface area contributed by atoms with Crippen molar-refractivity contribution in [3.63, 3.8) is 0 Å². The van der Waals surface area contributed by atoms with Crippen LogP contribution in [-0.2, 0) is 0 Å². The van der Waals surface area contributed by atoms with Crippen molar-refractivity contribution in [2.24, 2.45) is 0 Å². The van der Waals surface area contributed by atoms with Crippen molar-refractivity contribution < 1.29 is 19.8 Å². The van der Waals surface area contributed by atoms with Gasteiger partial charge in [0.2, 0.25) is 0 Å². The zero-order chi connectivity index (χ0) is 18.7. The summed E-state index contributed by atoms with van der Waals surface area (Å²) in [5.41, 5.74) is 0.832. The second-order valence-corrected chi connectivity index (χ2v) is 7.01. The average Bonchev–Trinajstić information content (AvgIpc) is 2.86. The Labute approximate surface area is 159 Å². The molecule has 0 aromatic heterocycles. The molecule has 6 nitrogen and oxygen atoms in total. The van der Waals surface area contributed by atoms with Crippen LogP contribution in [0, 0.1) is 0 Å². The monoisotopic (exact) mass is 418 g/mol. The highest BCUT2D eigenvalue weighted by molar-refractivity contribution is 9.10. The minimum atomic E-state index is -0.272. The van der Waals surface area contributed by atoms with Crippen molar-refractivity contribution in [2.75, 3.05) is 26.2 Å². The molecule has 3 rings (SSSR count). The lowest BCUT2D eigenvalue weighted by Crippen LogP contribution is -2.37. The SMILES string of the molecule is O=C(c1cc(O)cc(O)c1)N1CCCN(C(=O)c2ccccc2Br)CC1. The third kappa shape index (κ3) is 3.99. The molecular weight excluding hydrogens is 400 g/mol. The van der Waals surface area contributed by atoms with Crippen LogP contribution in [0.3, 0.4) is 0 Å². The second kappa shape index (κ2) is 7.78. The Morgan fingerprint density at radius 1 is 0.846 bits per heavy atom. The van der Waals surface area contributed by atoms with Crippen LogP contribution < -0.4 is 0 Å². The number of carbonyl (C=O) groups is 2. The minimum absolute atomic E-state index is 0.0678. The number of aromatic hydroxyl groups is 2. The predicted octanol–water partition coefficient (Wildman–Crippen LogP) is 2.85. The van der Waals surface area contributed by atoms with Crippen LogP contribution in [0.1, 0.15) is 27.1 Å². The molecule has 0 spiro atoms. The van der Waals surface area contributed by atoms with Gasteiger partial charge in [-0.15, -0.1) is 0 Å². The van der Waals surface area contributed by atoms with E-state index < -0.39 is 0 Å². The van der Waals surface area contributed by atoms with Crippen LogP contribution in [0.15, 0.2) is 46.9 Å². The maximum Gasteiger partial charge on any atom is 0.255 e. The van der Waals surface area contributed by atoms with Crippen LogP contribution >= 0.6 is 15.9 Å².